The second kappa shape index (κ2) is 4.14. The monoisotopic (exact) mass is 179 g/mol. The summed E-state index contributed by atoms with van der Waals surface area (Å²) in [6.07, 6.45) is 1.01. The van der Waals surface area contributed by atoms with Gasteiger partial charge in [-0.15, -0.1) is 0 Å². The van der Waals surface area contributed by atoms with Crippen molar-refractivity contribution >= 4 is 0 Å². The molecule has 1 aliphatic rings. The molecule has 0 aliphatic heterocycles. The van der Waals surface area contributed by atoms with E-state index in [-0.39, 0.29) is 25.5 Å². The quantitative estimate of drug-likeness (QED) is 0.681. The molecule has 0 amide bonds. The zero-order valence-electron chi connectivity index (χ0n) is 7.02. The Bertz CT molecular complexity index is 131. The van der Waals surface area contributed by atoms with E-state index in [1.54, 1.807) is 0 Å². The van der Waals surface area contributed by atoms with Crippen LogP contribution < -0.4 is 5.32 Å². The molecule has 1 rings (SSSR count). The first-order valence-electron chi connectivity index (χ1n) is 4.36. The summed E-state index contributed by atoms with van der Waals surface area (Å²) >= 11 is 0. The lowest BCUT2D eigenvalue weighted by Gasteiger charge is -2.28. The van der Waals surface area contributed by atoms with Gasteiger partial charge in [-0.3, -0.25) is 0 Å². The van der Waals surface area contributed by atoms with E-state index in [0.29, 0.717) is 19.4 Å². The summed E-state index contributed by atoms with van der Waals surface area (Å²) < 4.78 is 25.2. The summed E-state index contributed by atoms with van der Waals surface area (Å²) in [5.74, 6) is -2.45. The largest absolute Gasteiger partial charge is 0.395 e. The van der Waals surface area contributed by atoms with Gasteiger partial charge in [-0.2, -0.15) is 0 Å². The SMILES string of the molecule is OCCNC1CCC(F)(F)CC1. The molecule has 0 saturated heterocycles. The van der Waals surface area contributed by atoms with Gasteiger partial charge in [-0.1, -0.05) is 0 Å². The van der Waals surface area contributed by atoms with E-state index in [4.69, 9.17) is 5.11 Å². The molecule has 0 aromatic heterocycles. The lowest BCUT2D eigenvalue weighted by Crippen LogP contribution is -2.38. The first-order chi connectivity index (χ1) is 5.64. The number of rotatable bonds is 3. The van der Waals surface area contributed by atoms with Crippen molar-refractivity contribution < 1.29 is 13.9 Å². The van der Waals surface area contributed by atoms with Crippen molar-refractivity contribution in [2.24, 2.45) is 0 Å². The van der Waals surface area contributed by atoms with E-state index in [1.165, 1.54) is 0 Å². The predicted octanol–water partition coefficient (Wildman–Crippen LogP) is 1.15. The Hall–Kier alpha value is -0.220. The Labute approximate surface area is 71.0 Å². The minimum absolute atomic E-state index is 0.0178. The summed E-state index contributed by atoms with van der Waals surface area (Å²) in [5, 5.41) is 11.5. The van der Waals surface area contributed by atoms with E-state index in [0.717, 1.165) is 0 Å². The van der Waals surface area contributed by atoms with Gasteiger partial charge in [0.05, 0.1) is 6.61 Å². The highest BCUT2D eigenvalue weighted by Crippen LogP contribution is 2.32. The van der Waals surface area contributed by atoms with E-state index >= 15 is 0 Å². The summed E-state index contributed by atoms with van der Waals surface area (Å²) in [5.41, 5.74) is 0. The van der Waals surface area contributed by atoms with Gasteiger partial charge in [-0.25, -0.2) is 8.78 Å². The molecule has 0 bridgehead atoms. The minimum Gasteiger partial charge on any atom is -0.395 e. The maximum atomic E-state index is 12.6. The molecule has 0 aromatic carbocycles. The Balaban J connectivity index is 2.18. The van der Waals surface area contributed by atoms with Crippen molar-refractivity contribution in [3.05, 3.63) is 0 Å². The third kappa shape index (κ3) is 3.03. The normalized spacial score (nSPS) is 24.2. The highest BCUT2D eigenvalue weighted by atomic mass is 19.3. The third-order valence-corrected chi connectivity index (χ3v) is 2.26. The Morgan fingerprint density at radius 2 is 1.92 bits per heavy atom. The number of aliphatic hydroxyl groups is 1. The molecule has 0 atom stereocenters. The van der Waals surface area contributed by atoms with Gasteiger partial charge >= 0.3 is 0 Å². The lowest BCUT2D eigenvalue weighted by atomic mass is 9.92. The predicted molar refractivity (Wildman–Crippen MR) is 42.3 cm³/mol. The van der Waals surface area contributed by atoms with Gasteiger partial charge in [0, 0.05) is 25.4 Å². The molecule has 0 aromatic rings. The van der Waals surface area contributed by atoms with Gasteiger partial charge in [0.25, 0.3) is 0 Å². The molecule has 0 radical (unpaired) electrons. The molecule has 4 heteroatoms. The summed E-state index contributed by atoms with van der Waals surface area (Å²) in [4.78, 5) is 0. The van der Waals surface area contributed by atoms with Crippen LogP contribution in [0.1, 0.15) is 25.7 Å². The molecule has 1 fully saturated rings. The molecule has 12 heavy (non-hydrogen) atoms. The van der Waals surface area contributed by atoms with Crippen molar-refractivity contribution in [2.75, 3.05) is 13.2 Å². The van der Waals surface area contributed by atoms with Crippen molar-refractivity contribution in [3.63, 3.8) is 0 Å². The van der Waals surface area contributed by atoms with Crippen LogP contribution in [0.5, 0.6) is 0 Å². The maximum Gasteiger partial charge on any atom is 0.248 e. The number of hydrogen-bond donors (Lipinski definition) is 2. The molecule has 2 nitrogen and oxygen atoms in total. The summed E-state index contributed by atoms with van der Waals surface area (Å²) in [6, 6.07) is 0.178. The molecule has 0 spiro atoms. The smallest absolute Gasteiger partial charge is 0.248 e. The van der Waals surface area contributed by atoms with Gasteiger partial charge < -0.3 is 10.4 Å². The zero-order valence-corrected chi connectivity index (χ0v) is 7.02. The van der Waals surface area contributed by atoms with Crippen LogP contribution in [-0.4, -0.2) is 30.2 Å². The molecule has 0 heterocycles. The van der Waals surface area contributed by atoms with Crippen LogP contribution in [0.15, 0.2) is 0 Å². The molecular formula is C8H15F2NO. The fourth-order valence-electron chi connectivity index (χ4n) is 1.51. The summed E-state index contributed by atoms with van der Waals surface area (Å²) in [6.45, 7) is 0.586. The Kier molecular flexibility index (Phi) is 3.40. The average Bonchev–Trinajstić information content (AvgIpc) is 2.03. The van der Waals surface area contributed by atoms with Crippen molar-refractivity contribution in [2.45, 2.75) is 37.6 Å². The fourth-order valence-corrected chi connectivity index (χ4v) is 1.51. The molecule has 1 saturated carbocycles. The maximum absolute atomic E-state index is 12.6. The van der Waals surface area contributed by atoms with Crippen LogP contribution >= 0.6 is 0 Å². The summed E-state index contributed by atoms with van der Waals surface area (Å²) in [7, 11) is 0. The van der Waals surface area contributed by atoms with Gasteiger partial charge in [0.2, 0.25) is 5.92 Å². The molecule has 2 N–H and O–H groups in total. The molecule has 72 valence electrons. The van der Waals surface area contributed by atoms with Crippen molar-refractivity contribution in [1.29, 1.82) is 0 Å². The van der Waals surface area contributed by atoms with Crippen LogP contribution in [0, 0.1) is 0 Å². The topological polar surface area (TPSA) is 32.3 Å². The van der Waals surface area contributed by atoms with E-state index in [1.807, 2.05) is 0 Å². The Morgan fingerprint density at radius 3 is 2.42 bits per heavy atom. The van der Waals surface area contributed by atoms with Crippen LogP contribution in [0.4, 0.5) is 8.78 Å². The van der Waals surface area contributed by atoms with Crippen LogP contribution in [0.25, 0.3) is 0 Å². The third-order valence-electron chi connectivity index (χ3n) is 2.26. The first-order valence-corrected chi connectivity index (χ1v) is 4.36. The Morgan fingerprint density at radius 1 is 1.33 bits per heavy atom. The van der Waals surface area contributed by atoms with Gasteiger partial charge in [0.1, 0.15) is 0 Å². The second-order valence-electron chi connectivity index (χ2n) is 3.31. The number of aliphatic hydroxyl groups excluding tert-OH is 1. The fraction of sp³-hybridized carbons (Fsp3) is 1.00. The number of halogens is 2. The molecule has 1 aliphatic carbocycles. The van der Waals surface area contributed by atoms with Crippen molar-refractivity contribution in [3.8, 4) is 0 Å². The van der Waals surface area contributed by atoms with E-state index in [2.05, 4.69) is 5.32 Å². The minimum atomic E-state index is -2.45. The van der Waals surface area contributed by atoms with Crippen LogP contribution in [0.2, 0.25) is 0 Å². The zero-order chi connectivity index (χ0) is 9.03. The van der Waals surface area contributed by atoms with E-state index in [9.17, 15) is 8.78 Å². The average molecular weight is 179 g/mol. The first kappa shape index (κ1) is 9.86. The second-order valence-corrected chi connectivity index (χ2v) is 3.31. The number of hydrogen-bond acceptors (Lipinski definition) is 2. The van der Waals surface area contributed by atoms with E-state index < -0.39 is 5.92 Å². The van der Waals surface area contributed by atoms with Gasteiger partial charge in [-0.05, 0) is 12.8 Å². The molecule has 0 unspecified atom stereocenters. The lowest BCUT2D eigenvalue weighted by molar-refractivity contribution is -0.0405. The highest BCUT2D eigenvalue weighted by molar-refractivity contribution is 4.81. The highest BCUT2D eigenvalue weighted by Gasteiger charge is 2.34. The number of nitrogens with one attached hydrogen (secondary N) is 1. The van der Waals surface area contributed by atoms with Crippen LogP contribution in [0.3, 0.4) is 0 Å². The standard InChI is InChI=1S/C8H15F2NO/c9-8(10)3-1-7(2-4-8)11-5-6-12/h7,11-12H,1-6H2. The molecular weight excluding hydrogens is 164 g/mol. The van der Waals surface area contributed by atoms with Crippen LogP contribution in [-0.2, 0) is 0 Å². The number of alkyl halides is 2. The van der Waals surface area contributed by atoms with Crippen molar-refractivity contribution in [1.82, 2.24) is 5.32 Å². The van der Waals surface area contributed by atoms with Gasteiger partial charge in [0.15, 0.2) is 0 Å².